The van der Waals surface area contributed by atoms with E-state index in [1.54, 1.807) is 24.3 Å². The molecule has 0 saturated carbocycles. The van der Waals surface area contributed by atoms with Gasteiger partial charge >= 0.3 is 0 Å². The molecule has 1 aliphatic heterocycles. The van der Waals surface area contributed by atoms with Crippen LogP contribution < -0.4 is 4.31 Å². The molecule has 3 nitrogen and oxygen atoms in total. The summed E-state index contributed by atoms with van der Waals surface area (Å²) in [5.74, 6) is 0. The van der Waals surface area contributed by atoms with Crippen molar-refractivity contribution in [1.29, 1.82) is 0 Å². The molecule has 1 aliphatic rings. The van der Waals surface area contributed by atoms with Gasteiger partial charge in [0.2, 0.25) is 10.0 Å². The van der Waals surface area contributed by atoms with E-state index < -0.39 is 10.0 Å². The minimum absolute atomic E-state index is 0.382. The Kier molecular flexibility index (Phi) is 2.48. The van der Waals surface area contributed by atoms with E-state index in [0.717, 1.165) is 5.56 Å². The molecule has 0 N–H and O–H groups in total. The zero-order valence-corrected chi connectivity index (χ0v) is 9.72. The van der Waals surface area contributed by atoms with E-state index in [-0.39, 0.29) is 0 Å². The van der Waals surface area contributed by atoms with E-state index in [1.807, 2.05) is 6.08 Å². The third-order valence-electron chi connectivity index (χ3n) is 2.23. The molecule has 1 heterocycles. The van der Waals surface area contributed by atoms with Gasteiger partial charge in [0.15, 0.2) is 0 Å². The van der Waals surface area contributed by atoms with Gasteiger partial charge in [-0.2, -0.15) is 0 Å². The quantitative estimate of drug-likeness (QED) is 0.758. The number of hydrogen-bond donors (Lipinski definition) is 0. The van der Waals surface area contributed by atoms with Crippen LogP contribution in [-0.4, -0.2) is 21.2 Å². The fourth-order valence-electron chi connectivity index (χ4n) is 1.57. The number of halogens is 1. The summed E-state index contributed by atoms with van der Waals surface area (Å²) in [5.41, 5.74) is 1.52. The summed E-state index contributed by atoms with van der Waals surface area (Å²) in [4.78, 5) is 0. The average molecular weight is 244 g/mol. The topological polar surface area (TPSA) is 37.4 Å². The maximum absolute atomic E-state index is 11.5. The lowest BCUT2D eigenvalue weighted by Gasteiger charge is -2.25. The van der Waals surface area contributed by atoms with Crippen molar-refractivity contribution in [3.05, 3.63) is 34.9 Å². The van der Waals surface area contributed by atoms with Crippen LogP contribution in [-0.2, 0) is 10.0 Å². The first-order chi connectivity index (χ1) is 6.98. The second-order valence-corrected chi connectivity index (χ2v) is 5.74. The summed E-state index contributed by atoms with van der Waals surface area (Å²) in [6.07, 6.45) is 4.88. The predicted octanol–water partition coefficient (Wildman–Crippen LogP) is 2.13. The first-order valence-corrected chi connectivity index (χ1v) is 6.65. The summed E-state index contributed by atoms with van der Waals surface area (Å²) in [6, 6.07) is 5.17. The number of rotatable bonds is 1. The van der Waals surface area contributed by atoms with E-state index in [2.05, 4.69) is 0 Å². The Bertz CT molecular complexity index is 522. The molecule has 0 atom stereocenters. The van der Waals surface area contributed by atoms with Crippen LogP contribution in [0.5, 0.6) is 0 Å². The molecule has 0 unspecified atom stereocenters. The van der Waals surface area contributed by atoms with Crippen molar-refractivity contribution >= 4 is 33.4 Å². The van der Waals surface area contributed by atoms with Crippen molar-refractivity contribution in [1.82, 2.24) is 0 Å². The third kappa shape index (κ3) is 2.01. The van der Waals surface area contributed by atoms with Gasteiger partial charge < -0.3 is 0 Å². The molecule has 0 amide bonds. The highest BCUT2D eigenvalue weighted by atomic mass is 35.5. The molecule has 0 fully saturated rings. The molecule has 0 aromatic heterocycles. The number of sulfonamides is 1. The molecule has 0 radical (unpaired) electrons. The predicted molar refractivity (Wildman–Crippen MR) is 62.7 cm³/mol. The van der Waals surface area contributed by atoms with Gasteiger partial charge in [-0.05, 0) is 18.2 Å². The van der Waals surface area contributed by atoms with E-state index in [1.165, 1.54) is 10.6 Å². The molecule has 0 spiro atoms. The zero-order chi connectivity index (χ0) is 11.1. The van der Waals surface area contributed by atoms with Gasteiger partial charge in [-0.15, -0.1) is 0 Å². The molecule has 0 aliphatic carbocycles. The van der Waals surface area contributed by atoms with Crippen molar-refractivity contribution in [3.8, 4) is 0 Å². The monoisotopic (exact) mass is 243 g/mol. The first kappa shape index (κ1) is 10.5. The summed E-state index contributed by atoms with van der Waals surface area (Å²) in [6.45, 7) is 0.382. The molecule has 5 heteroatoms. The average Bonchev–Trinajstić information content (AvgIpc) is 2.15. The number of hydrogen-bond acceptors (Lipinski definition) is 2. The van der Waals surface area contributed by atoms with Gasteiger partial charge in [0.1, 0.15) is 0 Å². The Morgan fingerprint density at radius 3 is 2.80 bits per heavy atom. The van der Waals surface area contributed by atoms with Gasteiger partial charge in [0, 0.05) is 10.6 Å². The fourth-order valence-corrected chi connectivity index (χ4v) is 2.63. The Morgan fingerprint density at radius 2 is 2.13 bits per heavy atom. The minimum atomic E-state index is -3.21. The number of nitrogens with zero attached hydrogens (tertiary/aromatic N) is 1. The molecular weight excluding hydrogens is 234 g/mol. The standard InChI is InChI=1S/C10H10ClNO2S/c1-15(13,14)12-6-2-3-8-7-9(11)4-5-10(8)12/h2-5,7H,6H2,1H3. The normalized spacial score (nSPS) is 15.2. The summed E-state index contributed by atoms with van der Waals surface area (Å²) >= 11 is 5.84. The first-order valence-electron chi connectivity index (χ1n) is 4.42. The highest BCUT2D eigenvalue weighted by Crippen LogP contribution is 2.29. The maximum atomic E-state index is 11.5. The lowest BCUT2D eigenvalue weighted by Crippen LogP contribution is -2.31. The lowest BCUT2D eigenvalue weighted by molar-refractivity contribution is 0.598. The Balaban J connectivity index is 2.58. The number of anilines is 1. The molecule has 0 saturated heterocycles. The van der Waals surface area contributed by atoms with Crippen LogP contribution in [0, 0.1) is 0 Å². The Morgan fingerprint density at radius 1 is 1.40 bits per heavy atom. The lowest BCUT2D eigenvalue weighted by atomic mass is 10.1. The largest absolute Gasteiger partial charge is 0.266 e. The number of fused-ring (bicyclic) bond motifs is 1. The van der Waals surface area contributed by atoms with Gasteiger partial charge in [0.05, 0.1) is 18.5 Å². The van der Waals surface area contributed by atoms with Crippen molar-refractivity contribution in [3.63, 3.8) is 0 Å². The molecule has 80 valence electrons. The van der Waals surface area contributed by atoms with E-state index in [4.69, 9.17) is 11.6 Å². The van der Waals surface area contributed by atoms with Crippen LogP contribution in [0.25, 0.3) is 6.08 Å². The molecule has 0 bridgehead atoms. The summed E-state index contributed by atoms with van der Waals surface area (Å²) < 4.78 is 24.3. The Hall–Kier alpha value is -1.00. The summed E-state index contributed by atoms with van der Waals surface area (Å²) in [7, 11) is -3.21. The molecule has 2 rings (SSSR count). The van der Waals surface area contributed by atoms with Crippen molar-refractivity contribution < 1.29 is 8.42 Å². The van der Waals surface area contributed by atoms with Crippen molar-refractivity contribution in [2.75, 3.05) is 17.1 Å². The molecule has 15 heavy (non-hydrogen) atoms. The fraction of sp³-hybridized carbons (Fsp3) is 0.200. The molecule has 1 aromatic carbocycles. The van der Waals surface area contributed by atoms with E-state index in [0.29, 0.717) is 17.3 Å². The second-order valence-electron chi connectivity index (χ2n) is 3.40. The third-order valence-corrected chi connectivity index (χ3v) is 3.61. The summed E-state index contributed by atoms with van der Waals surface area (Å²) in [5, 5.41) is 0.605. The van der Waals surface area contributed by atoms with Crippen LogP contribution >= 0.6 is 11.6 Å². The van der Waals surface area contributed by atoms with Crippen LogP contribution in [0.3, 0.4) is 0 Å². The van der Waals surface area contributed by atoms with E-state index in [9.17, 15) is 8.42 Å². The zero-order valence-electron chi connectivity index (χ0n) is 8.14. The van der Waals surface area contributed by atoms with Crippen LogP contribution in [0.2, 0.25) is 5.02 Å². The van der Waals surface area contributed by atoms with Crippen LogP contribution in [0.1, 0.15) is 5.56 Å². The second kappa shape index (κ2) is 3.54. The van der Waals surface area contributed by atoms with E-state index >= 15 is 0 Å². The molecule has 1 aromatic rings. The van der Waals surface area contributed by atoms with Gasteiger partial charge in [-0.1, -0.05) is 23.8 Å². The van der Waals surface area contributed by atoms with Crippen LogP contribution in [0.15, 0.2) is 24.3 Å². The van der Waals surface area contributed by atoms with Gasteiger partial charge in [-0.3, -0.25) is 4.31 Å². The highest BCUT2D eigenvalue weighted by Gasteiger charge is 2.20. The maximum Gasteiger partial charge on any atom is 0.232 e. The van der Waals surface area contributed by atoms with Crippen molar-refractivity contribution in [2.45, 2.75) is 0 Å². The van der Waals surface area contributed by atoms with Gasteiger partial charge in [-0.25, -0.2) is 8.42 Å². The minimum Gasteiger partial charge on any atom is -0.266 e. The highest BCUT2D eigenvalue weighted by molar-refractivity contribution is 7.92. The van der Waals surface area contributed by atoms with Crippen LogP contribution in [0.4, 0.5) is 5.69 Å². The van der Waals surface area contributed by atoms with Gasteiger partial charge in [0.25, 0.3) is 0 Å². The SMILES string of the molecule is CS(=O)(=O)N1CC=Cc2cc(Cl)ccc21. The van der Waals surface area contributed by atoms with Crippen molar-refractivity contribution in [2.24, 2.45) is 0 Å². The molecular formula is C10H10ClNO2S. The Labute approximate surface area is 94.0 Å². The number of benzene rings is 1. The smallest absolute Gasteiger partial charge is 0.232 e.